The summed E-state index contributed by atoms with van der Waals surface area (Å²) in [5, 5.41) is 14.8. The number of carboxylic acid groups (broad SMARTS) is 1. The minimum atomic E-state index is -1.11. The number of anilines is 1. The Morgan fingerprint density at radius 3 is 2.04 bits per heavy atom. The van der Waals surface area contributed by atoms with Crippen LogP contribution in [-0.2, 0) is 0 Å². The fourth-order valence-electron chi connectivity index (χ4n) is 5.27. The lowest BCUT2D eigenvalue weighted by Crippen LogP contribution is -2.33. The van der Waals surface area contributed by atoms with Crippen LogP contribution in [0.1, 0.15) is 46.4 Å². The standard InChI is InChI=1S/C36H31ClN2O5S.O2/c37-26-9-19-32(20-10-26)45-39-27-11-17-29(18-12-27)44-31-16-8-24-21-30(15-7-25(24)22-31)43-28-13-5-23(6-14-28)35(40)38-34-4-2-1-3-33(34)36(41)42;1-2/h1-10,13-16,19-22,27,29,39H,11-12,17-18H2,(H,38,40)(H,41,42);. The fourth-order valence-corrected chi connectivity index (χ4v) is 6.20. The molecule has 0 spiro atoms. The molecule has 1 saturated carbocycles. The van der Waals surface area contributed by atoms with Crippen LogP contribution in [0.25, 0.3) is 10.8 Å². The van der Waals surface area contributed by atoms with Crippen molar-refractivity contribution in [1.29, 1.82) is 0 Å². The highest BCUT2D eigenvalue weighted by molar-refractivity contribution is 7.97. The molecular formula is C36H31ClN2O7S. The summed E-state index contributed by atoms with van der Waals surface area (Å²) in [6.45, 7) is 0. The van der Waals surface area contributed by atoms with Crippen LogP contribution in [-0.4, -0.2) is 29.1 Å². The van der Waals surface area contributed by atoms with Gasteiger partial charge in [-0.1, -0.05) is 35.9 Å². The Morgan fingerprint density at radius 2 is 1.36 bits per heavy atom. The van der Waals surface area contributed by atoms with E-state index in [-0.39, 0.29) is 17.4 Å². The highest BCUT2D eigenvalue weighted by atomic mass is 35.5. The minimum Gasteiger partial charge on any atom is -0.490 e. The monoisotopic (exact) mass is 670 g/mol. The van der Waals surface area contributed by atoms with Crippen LogP contribution in [0.5, 0.6) is 17.2 Å². The highest BCUT2D eigenvalue weighted by Gasteiger charge is 2.22. The summed E-state index contributed by atoms with van der Waals surface area (Å²) >= 11 is 7.64. The molecular weight excluding hydrogens is 640 g/mol. The average molecular weight is 671 g/mol. The van der Waals surface area contributed by atoms with Crippen LogP contribution < -0.4 is 19.5 Å². The molecule has 240 valence electrons. The zero-order valence-corrected chi connectivity index (χ0v) is 26.6. The third-order valence-electron chi connectivity index (χ3n) is 7.68. The van der Waals surface area contributed by atoms with Gasteiger partial charge >= 0.3 is 5.97 Å². The van der Waals surface area contributed by atoms with E-state index < -0.39 is 11.9 Å². The van der Waals surface area contributed by atoms with Crippen LogP contribution in [0.3, 0.4) is 0 Å². The van der Waals surface area contributed by atoms with Gasteiger partial charge in [0, 0.05) is 31.5 Å². The smallest absolute Gasteiger partial charge is 0.337 e. The molecule has 1 aliphatic rings. The number of carbonyl (C=O) groups is 2. The van der Waals surface area contributed by atoms with E-state index in [9.17, 15) is 14.7 Å². The van der Waals surface area contributed by atoms with Crippen molar-refractivity contribution in [1.82, 2.24) is 4.72 Å². The first kappa shape index (κ1) is 33.5. The van der Waals surface area contributed by atoms with Gasteiger partial charge in [0.1, 0.15) is 17.2 Å². The van der Waals surface area contributed by atoms with Crippen LogP contribution in [0.4, 0.5) is 5.69 Å². The van der Waals surface area contributed by atoms with E-state index >= 15 is 0 Å². The predicted octanol–water partition coefficient (Wildman–Crippen LogP) is 9.29. The molecule has 47 heavy (non-hydrogen) atoms. The lowest BCUT2D eigenvalue weighted by molar-refractivity contribution is 0.0698. The van der Waals surface area contributed by atoms with Gasteiger partial charge in [-0.05, 0) is 133 Å². The summed E-state index contributed by atoms with van der Waals surface area (Å²) < 4.78 is 16.0. The average Bonchev–Trinajstić information content (AvgIpc) is 3.10. The van der Waals surface area contributed by atoms with Gasteiger partial charge in [-0.3, -0.25) is 9.52 Å². The molecule has 1 aliphatic carbocycles. The molecule has 0 unspecified atom stereocenters. The number of amides is 1. The first-order valence-corrected chi connectivity index (χ1v) is 16.1. The van der Waals surface area contributed by atoms with Crippen molar-refractivity contribution in [3.8, 4) is 17.2 Å². The number of hydrogen-bond donors (Lipinski definition) is 3. The number of fused-ring (bicyclic) bond motifs is 1. The molecule has 1 amide bonds. The molecule has 1 fully saturated rings. The van der Waals surface area contributed by atoms with E-state index in [4.69, 9.17) is 31.0 Å². The van der Waals surface area contributed by atoms with Crippen LogP contribution in [0, 0.1) is 9.93 Å². The van der Waals surface area contributed by atoms with Crippen LogP contribution in [0.2, 0.25) is 5.02 Å². The number of carbonyl (C=O) groups excluding carboxylic acids is 1. The molecule has 0 saturated heterocycles. The number of para-hydroxylation sites is 1. The minimum absolute atomic E-state index is 0.0294. The van der Waals surface area contributed by atoms with Gasteiger partial charge in [0.05, 0.1) is 17.4 Å². The number of rotatable bonds is 10. The Kier molecular flexibility index (Phi) is 11.5. The summed E-state index contributed by atoms with van der Waals surface area (Å²) in [6, 6.07) is 33.3. The lowest BCUT2D eigenvalue weighted by atomic mass is 9.93. The largest absolute Gasteiger partial charge is 0.490 e. The summed E-state index contributed by atoms with van der Waals surface area (Å²) in [5.74, 6) is 0.602. The molecule has 9 nitrogen and oxygen atoms in total. The maximum absolute atomic E-state index is 12.7. The zero-order chi connectivity index (χ0) is 33.2. The molecule has 11 heteroatoms. The highest BCUT2D eigenvalue weighted by Crippen LogP contribution is 2.31. The maximum atomic E-state index is 12.7. The summed E-state index contributed by atoms with van der Waals surface area (Å²) in [4.78, 5) is 39.3. The molecule has 6 rings (SSSR count). The Hall–Kier alpha value is -4.90. The number of nitrogens with one attached hydrogen (secondary N) is 2. The second-order valence-electron chi connectivity index (χ2n) is 10.9. The molecule has 0 aliphatic heterocycles. The van der Waals surface area contributed by atoms with Gasteiger partial charge in [0.2, 0.25) is 0 Å². The van der Waals surface area contributed by atoms with E-state index in [1.807, 2.05) is 54.6 Å². The van der Waals surface area contributed by atoms with Gasteiger partial charge < -0.3 is 19.9 Å². The van der Waals surface area contributed by atoms with Crippen LogP contribution in [0.15, 0.2) is 114 Å². The lowest BCUT2D eigenvalue weighted by Gasteiger charge is -2.29. The fraction of sp³-hybridized carbons (Fsp3) is 0.167. The number of halogens is 1. The molecule has 0 radical (unpaired) electrons. The summed E-state index contributed by atoms with van der Waals surface area (Å²) in [5.41, 5.74) is 0.655. The van der Waals surface area contributed by atoms with Gasteiger partial charge in [0.25, 0.3) is 5.91 Å². The Labute approximate surface area is 280 Å². The van der Waals surface area contributed by atoms with E-state index in [1.165, 1.54) is 6.07 Å². The number of aromatic carboxylic acids is 1. The van der Waals surface area contributed by atoms with Gasteiger partial charge in [0.15, 0.2) is 0 Å². The SMILES string of the molecule is O=C(Nc1ccccc1C(=O)O)c1ccc(Oc2ccc3cc(OC4CCC(NSc5ccc(Cl)cc5)CC4)ccc3c2)cc1.O=O. The summed E-state index contributed by atoms with van der Waals surface area (Å²) in [6.07, 6.45) is 4.31. The molecule has 0 aromatic heterocycles. The Morgan fingerprint density at radius 1 is 0.745 bits per heavy atom. The first-order valence-electron chi connectivity index (χ1n) is 14.9. The molecule has 5 aromatic rings. The van der Waals surface area contributed by atoms with Gasteiger partial charge in [-0.25, -0.2) is 4.79 Å². The third kappa shape index (κ3) is 9.10. The number of ether oxygens (including phenoxy) is 2. The van der Waals surface area contributed by atoms with Crippen LogP contribution >= 0.6 is 23.5 Å². The molecule has 0 bridgehead atoms. The quantitative estimate of drug-likeness (QED) is 0.124. The first-order chi connectivity index (χ1) is 22.9. The van der Waals surface area contributed by atoms with Crippen molar-refractivity contribution >= 4 is 51.9 Å². The van der Waals surface area contributed by atoms with Crippen molar-refractivity contribution in [2.45, 2.75) is 42.7 Å². The van der Waals surface area contributed by atoms with Crippen molar-refractivity contribution in [3.63, 3.8) is 0 Å². The van der Waals surface area contributed by atoms with E-state index in [0.717, 1.165) is 52.1 Å². The molecule has 5 aromatic carbocycles. The van der Waals surface area contributed by atoms with Crippen molar-refractivity contribution in [2.75, 3.05) is 5.32 Å². The molecule has 0 atom stereocenters. The molecule has 0 heterocycles. The number of hydrogen-bond acceptors (Lipinski definition) is 8. The molecule has 3 N–H and O–H groups in total. The van der Waals surface area contributed by atoms with Crippen molar-refractivity contribution in [3.05, 3.63) is 135 Å². The second-order valence-corrected chi connectivity index (χ2v) is 12.2. The maximum Gasteiger partial charge on any atom is 0.337 e. The number of benzene rings is 5. The van der Waals surface area contributed by atoms with E-state index in [1.54, 1.807) is 54.4 Å². The predicted molar refractivity (Wildman–Crippen MR) is 186 cm³/mol. The van der Waals surface area contributed by atoms with Gasteiger partial charge in [-0.15, -0.1) is 0 Å². The van der Waals surface area contributed by atoms with Crippen molar-refractivity contribution in [2.24, 2.45) is 0 Å². The zero-order valence-electron chi connectivity index (χ0n) is 25.1. The Balaban J connectivity index is 0.00000213. The normalized spacial score (nSPS) is 15.6. The van der Waals surface area contributed by atoms with Crippen molar-refractivity contribution < 1.29 is 24.2 Å². The van der Waals surface area contributed by atoms with Gasteiger partial charge in [-0.2, -0.15) is 0 Å². The Bertz CT molecular complexity index is 1830. The topological polar surface area (TPSA) is 131 Å². The third-order valence-corrected chi connectivity index (χ3v) is 8.89. The van der Waals surface area contributed by atoms with E-state index in [2.05, 4.69) is 16.1 Å². The number of carboxylic acids is 1. The summed E-state index contributed by atoms with van der Waals surface area (Å²) in [7, 11) is 0. The van der Waals surface area contributed by atoms with E-state index in [0.29, 0.717) is 23.1 Å². The second kappa shape index (κ2) is 16.1.